The van der Waals surface area contributed by atoms with Crippen LogP contribution in [0.25, 0.3) is 0 Å². The van der Waals surface area contributed by atoms with E-state index in [9.17, 15) is 13.5 Å². The third-order valence-electron chi connectivity index (χ3n) is 2.87. The summed E-state index contributed by atoms with van der Waals surface area (Å²) in [6.45, 7) is 1.46. The number of aliphatic hydroxyl groups excluding tert-OH is 1. The van der Waals surface area contributed by atoms with Crippen molar-refractivity contribution < 1.29 is 13.5 Å². The van der Waals surface area contributed by atoms with Crippen LogP contribution in [0.5, 0.6) is 0 Å². The summed E-state index contributed by atoms with van der Waals surface area (Å²) in [5.41, 5.74) is 0.348. The highest BCUT2D eigenvalue weighted by atomic mass is 32.2. The van der Waals surface area contributed by atoms with Gasteiger partial charge in [0.25, 0.3) is 0 Å². The Morgan fingerprint density at radius 2 is 1.84 bits per heavy atom. The minimum absolute atomic E-state index is 0.187. The largest absolute Gasteiger partial charge is 0.392 e. The van der Waals surface area contributed by atoms with Crippen LogP contribution in [0.1, 0.15) is 17.9 Å². The first-order chi connectivity index (χ1) is 8.93. The molecule has 102 valence electrons. The van der Waals surface area contributed by atoms with Gasteiger partial charge in [-0.2, -0.15) is 5.10 Å². The molecule has 0 aliphatic heterocycles. The van der Waals surface area contributed by atoms with Crippen molar-refractivity contribution in [3.63, 3.8) is 0 Å². The monoisotopic (exact) mass is 280 g/mol. The fourth-order valence-electron chi connectivity index (χ4n) is 2.01. The van der Waals surface area contributed by atoms with Crippen LogP contribution in [-0.4, -0.2) is 29.4 Å². The van der Waals surface area contributed by atoms with Gasteiger partial charge >= 0.3 is 0 Å². The van der Waals surface area contributed by atoms with E-state index < -0.39 is 21.2 Å². The van der Waals surface area contributed by atoms with Crippen molar-refractivity contribution in [2.75, 3.05) is 0 Å². The molecule has 0 aliphatic carbocycles. The van der Waals surface area contributed by atoms with Gasteiger partial charge in [-0.05, 0) is 25.1 Å². The van der Waals surface area contributed by atoms with E-state index in [1.807, 2.05) is 0 Å². The smallest absolute Gasteiger partial charge is 0.189 e. The van der Waals surface area contributed by atoms with E-state index in [4.69, 9.17) is 0 Å². The Morgan fingerprint density at radius 1 is 1.21 bits per heavy atom. The molecule has 0 bridgehead atoms. The second-order valence-corrected chi connectivity index (χ2v) is 6.50. The summed E-state index contributed by atoms with van der Waals surface area (Å²) in [5, 5.41) is 12.9. The van der Waals surface area contributed by atoms with Crippen molar-refractivity contribution in [3.05, 3.63) is 48.3 Å². The van der Waals surface area contributed by atoms with Crippen LogP contribution in [0, 0.1) is 0 Å². The predicted molar refractivity (Wildman–Crippen MR) is 71.3 cm³/mol. The van der Waals surface area contributed by atoms with E-state index in [0.717, 1.165) is 0 Å². The standard InChI is InChI=1S/C13H16N2O3S/c1-10(16)13(12-8-9-15(2)14-12)19(17,18)11-6-4-3-5-7-11/h3-10,13,16H,1-2H3. The number of hydrogen-bond acceptors (Lipinski definition) is 4. The van der Waals surface area contributed by atoms with Gasteiger partial charge in [0.2, 0.25) is 0 Å². The fraction of sp³-hybridized carbons (Fsp3) is 0.308. The number of benzene rings is 1. The average Bonchev–Trinajstić information content (AvgIpc) is 2.76. The first-order valence-corrected chi connectivity index (χ1v) is 7.44. The Morgan fingerprint density at radius 3 is 2.32 bits per heavy atom. The molecule has 2 aromatic rings. The number of aliphatic hydroxyl groups is 1. The van der Waals surface area contributed by atoms with Gasteiger partial charge in [-0.25, -0.2) is 8.42 Å². The number of aryl methyl sites for hydroxylation is 1. The summed E-state index contributed by atoms with van der Waals surface area (Å²) in [7, 11) is -1.96. The van der Waals surface area contributed by atoms with Gasteiger partial charge in [0.05, 0.1) is 16.7 Å². The van der Waals surface area contributed by atoms with Crippen molar-refractivity contribution in [1.82, 2.24) is 9.78 Å². The molecule has 0 saturated heterocycles. The molecule has 0 saturated carbocycles. The highest BCUT2D eigenvalue weighted by Gasteiger charge is 2.34. The van der Waals surface area contributed by atoms with Crippen molar-refractivity contribution in [2.45, 2.75) is 23.2 Å². The van der Waals surface area contributed by atoms with Crippen LogP contribution in [-0.2, 0) is 16.9 Å². The van der Waals surface area contributed by atoms with Crippen molar-refractivity contribution in [3.8, 4) is 0 Å². The van der Waals surface area contributed by atoms with E-state index in [-0.39, 0.29) is 4.90 Å². The van der Waals surface area contributed by atoms with Crippen LogP contribution >= 0.6 is 0 Å². The number of rotatable bonds is 4. The topological polar surface area (TPSA) is 72.2 Å². The van der Waals surface area contributed by atoms with Crippen LogP contribution < -0.4 is 0 Å². The quantitative estimate of drug-likeness (QED) is 0.916. The summed E-state index contributed by atoms with van der Waals surface area (Å²) in [6.07, 6.45) is 0.616. The predicted octanol–water partition coefficient (Wildman–Crippen LogP) is 1.32. The highest BCUT2D eigenvalue weighted by molar-refractivity contribution is 7.91. The Bertz CT molecular complexity index is 648. The summed E-state index contributed by atoms with van der Waals surface area (Å²) in [5.74, 6) is 0. The van der Waals surface area contributed by atoms with E-state index in [0.29, 0.717) is 5.69 Å². The second kappa shape index (κ2) is 5.14. The third-order valence-corrected chi connectivity index (χ3v) is 5.10. The van der Waals surface area contributed by atoms with Gasteiger partial charge in [0.15, 0.2) is 9.84 Å². The molecule has 1 N–H and O–H groups in total. The van der Waals surface area contributed by atoms with E-state index in [2.05, 4.69) is 5.10 Å². The van der Waals surface area contributed by atoms with Gasteiger partial charge in [0, 0.05) is 13.2 Å². The zero-order valence-corrected chi connectivity index (χ0v) is 11.6. The molecule has 0 spiro atoms. The Hall–Kier alpha value is -1.66. The molecule has 0 fully saturated rings. The summed E-state index contributed by atoms with van der Waals surface area (Å²) in [6, 6.07) is 9.71. The minimum Gasteiger partial charge on any atom is -0.392 e. The Labute approximate surface area is 112 Å². The second-order valence-electron chi connectivity index (χ2n) is 4.43. The summed E-state index contributed by atoms with van der Waals surface area (Å²) >= 11 is 0. The third kappa shape index (κ3) is 2.69. The van der Waals surface area contributed by atoms with Crippen LogP contribution in [0.15, 0.2) is 47.5 Å². The maximum atomic E-state index is 12.6. The highest BCUT2D eigenvalue weighted by Crippen LogP contribution is 2.30. The van der Waals surface area contributed by atoms with Crippen LogP contribution in [0.4, 0.5) is 0 Å². The molecule has 2 atom stereocenters. The summed E-state index contributed by atoms with van der Waals surface area (Å²) < 4.78 is 26.7. The SMILES string of the molecule is CC(O)C(c1ccn(C)n1)S(=O)(=O)c1ccccc1. The Balaban J connectivity index is 2.51. The molecule has 6 heteroatoms. The number of aromatic nitrogens is 2. The maximum absolute atomic E-state index is 12.6. The Kier molecular flexibility index (Phi) is 3.73. The lowest BCUT2D eigenvalue weighted by atomic mass is 10.2. The van der Waals surface area contributed by atoms with E-state index in [1.165, 1.54) is 23.7 Å². The van der Waals surface area contributed by atoms with Crippen LogP contribution in [0.2, 0.25) is 0 Å². The number of sulfone groups is 1. The number of nitrogens with zero attached hydrogens (tertiary/aromatic N) is 2. The molecule has 2 rings (SSSR count). The van der Waals surface area contributed by atoms with Crippen molar-refractivity contribution >= 4 is 9.84 Å². The molecular weight excluding hydrogens is 264 g/mol. The average molecular weight is 280 g/mol. The maximum Gasteiger partial charge on any atom is 0.189 e. The van der Waals surface area contributed by atoms with Gasteiger partial charge in [-0.1, -0.05) is 18.2 Å². The van der Waals surface area contributed by atoms with Gasteiger partial charge in [-0.15, -0.1) is 0 Å². The van der Waals surface area contributed by atoms with Gasteiger partial charge < -0.3 is 5.11 Å². The molecule has 1 aromatic carbocycles. The normalized spacial score (nSPS) is 15.1. The molecule has 5 nitrogen and oxygen atoms in total. The van der Waals surface area contributed by atoms with E-state index in [1.54, 1.807) is 37.5 Å². The lowest BCUT2D eigenvalue weighted by Gasteiger charge is -2.18. The van der Waals surface area contributed by atoms with Gasteiger partial charge in [-0.3, -0.25) is 4.68 Å². The van der Waals surface area contributed by atoms with Crippen molar-refractivity contribution in [2.24, 2.45) is 7.05 Å². The van der Waals surface area contributed by atoms with E-state index >= 15 is 0 Å². The summed E-state index contributed by atoms with van der Waals surface area (Å²) in [4.78, 5) is 0.187. The van der Waals surface area contributed by atoms with Crippen molar-refractivity contribution in [1.29, 1.82) is 0 Å². The molecule has 0 amide bonds. The molecule has 19 heavy (non-hydrogen) atoms. The van der Waals surface area contributed by atoms with Crippen LogP contribution in [0.3, 0.4) is 0 Å². The minimum atomic E-state index is -3.67. The zero-order chi connectivity index (χ0) is 14.0. The molecule has 1 aromatic heterocycles. The first-order valence-electron chi connectivity index (χ1n) is 5.89. The molecule has 1 heterocycles. The first kappa shape index (κ1) is 13.8. The molecule has 0 radical (unpaired) electrons. The number of hydrogen-bond donors (Lipinski definition) is 1. The van der Waals surface area contributed by atoms with Gasteiger partial charge in [0.1, 0.15) is 5.25 Å². The molecular formula is C13H16N2O3S. The lowest BCUT2D eigenvalue weighted by molar-refractivity contribution is 0.186. The fourth-order valence-corrected chi connectivity index (χ4v) is 3.80. The lowest BCUT2D eigenvalue weighted by Crippen LogP contribution is -2.25. The molecule has 0 aliphatic rings. The molecule has 2 unspecified atom stereocenters. The zero-order valence-electron chi connectivity index (χ0n) is 10.8.